The summed E-state index contributed by atoms with van der Waals surface area (Å²) in [7, 11) is 0. The first-order chi connectivity index (χ1) is 11.5. The van der Waals surface area contributed by atoms with Gasteiger partial charge in [-0.2, -0.15) is 0 Å². The Labute approximate surface area is 143 Å². The molecule has 0 fully saturated rings. The Kier molecular flexibility index (Phi) is 6.19. The first-order valence-corrected chi connectivity index (χ1v) is 8.21. The zero-order valence-electron chi connectivity index (χ0n) is 13.3. The van der Waals surface area contributed by atoms with Crippen LogP contribution in [0, 0.1) is 0 Å². The van der Waals surface area contributed by atoms with Crippen LogP contribution in [0.25, 0.3) is 0 Å². The van der Waals surface area contributed by atoms with Gasteiger partial charge in [0, 0.05) is 11.7 Å². The smallest absolute Gasteiger partial charge is 0.341 e. The minimum atomic E-state index is -1.04. The molecule has 0 aliphatic carbocycles. The molecule has 0 aliphatic rings. The lowest BCUT2D eigenvalue weighted by Gasteiger charge is -2.09. The molecule has 2 rings (SSSR count). The molecule has 0 saturated carbocycles. The number of carboxylic acid groups (broad SMARTS) is 1. The first kappa shape index (κ1) is 17.8. The van der Waals surface area contributed by atoms with Gasteiger partial charge >= 0.3 is 5.97 Å². The Bertz CT molecular complexity index is 700. The molecule has 0 atom stereocenters. The summed E-state index contributed by atoms with van der Waals surface area (Å²) in [5.41, 5.74) is 0.605. The Morgan fingerprint density at radius 2 is 2.04 bits per heavy atom. The minimum absolute atomic E-state index is 0.169. The zero-order valence-corrected chi connectivity index (χ0v) is 14.1. The van der Waals surface area contributed by atoms with Crippen molar-refractivity contribution in [3.8, 4) is 5.75 Å². The molecule has 2 aromatic rings. The summed E-state index contributed by atoms with van der Waals surface area (Å²) >= 11 is 1.31. The summed E-state index contributed by atoms with van der Waals surface area (Å²) in [6, 6.07) is 6.72. The van der Waals surface area contributed by atoms with E-state index in [9.17, 15) is 9.59 Å². The number of aliphatic carboxylic acids is 1. The first-order valence-electron chi connectivity index (χ1n) is 7.22. The van der Waals surface area contributed by atoms with Crippen molar-refractivity contribution in [2.24, 2.45) is 0 Å². The number of amides is 1. The van der Waals surface area contributed by atoms with E-state index in [2.05, 4.69) is 15.5 Å². The van der Waals surface area contributed by atoms with Crippen LogP contribution in [0.4, 0.5) is 5.69 Å². The van der Waals surface area contributed by atoms with Crippen LogP contribution in [0.2, 0.25) is 0 Å². The lowest BCUT2D eigenvalue weighted by Crippen LogP contribution is -2.15. The molecular weight excluding hydrogens is 332 g/mol. The fourth-order valence-corrected chi connectivity index (χ4v) is 2.64. The Morgan fingerprint density at radius 1 is 1.33 bits per heavy atom. The van der Waals surface area contributed by atoms with Crippen molar-refractivity contribution in [2.75, 3.05) is 17.7 Å². The highest BCUT2D eigenvalue weighted by Crippen LogP contribution is 2.20. The minimum Gasteiger partial charge on any atom is -0.482 e. The molecule has 0 aliphatic heterocycles. The summed E-state index contributed by atoms with van der Waals surface area (Å²) < 4.78 is 6.92. The van der Waals surface area contributed by atoms with E-state index in [0.717, 1.165) is 0 Å². The Morgan fingerprint density at radius 3 is 2.67 bits per heavy atom. The van der Waals surface area contributed by atoms with Gasteiger partial charge in [-0.1, -0.05) is 11.8 Å². The number of hydrogen-bond donors (Lipinski definition) is 2. The van der Waals surface area contributed by atoms with Crippen molar-refractivity contribution < 1.29 is 19.4 Å². The van der Waals surface area contributed by atoms with Gasteiger partial charge < -0.3 is 19.7 Å². The second-order valence-corrected chi connectivity index (χ2v) is 6.10. The van der Waals surface area contributed by atoms with Gasteiger partial charge in [-0.25, -0.2) is 4.79 Å². The highest BCUT2D eigenvalue weighted by molar-refractivity contribution is 7.99. The molecule has 128 valence electrons. The third-order valence-corrected chi connectivity index (χ3v) is 3.89. The number of carbonyl (C=O) groups is 2. The maximum absolute atomic E-state index is 12.0. The number of hydrogen-bond acceptors (Lipinski definition) is 6. The molecule has 1 amide bonds. The molecule has 0 radical (unpaired) electrons. The van der Waals surface area contributed by atoms with E-state index in [0.29, 0.717) is 16.6 Å². The topological polar surface area (TPSA) is 106 Å². The summed E-state index contributed by atoms with van der Waals surface area (Å²) in [4.78, 5) is 22.4. The van der Waals surface area contributed by atoms with Crippen LogP contribution < -0.4 is 10.1 Å². The van der Waals surface area contributed by atoms with E-state index in [-0.39, 0.29) is 17.7 Å². The number of anilines is 1. The molecule has 1 aromatic heterocycles. The van der Waals surface area contributed by atoms with Crippen LogP contribution in [0.3, 0.4) is 0 Å². The van der Waals surface area contributed by atoms with Gasteiger partial charge in [0.25, 0.3) is 0 Å². The number of nitrogens with zero attached hydrogens (tertiary/aromatic N) is 3. The van der Waals surface area contributed by atoms with Gasteiger partial charge in [0.2, 0.25) is 5.91 Å². The largest absolute Gasteiger partial charge is 0.482 e. The van der Waals surface area contributed by atoms with Crippen molar-refractivity contribution >= 4 is 29.3 Å². The average Bonchev–Trinajstić information content (AvgIpc) is 3.01. The van der Waals surface area contributed by atoms with Gasteiger partial charge in [-0.3, -0.25) is 4.79 Å². The Balaban J connectivity index is 1.83. The average molecular weight is 350 g/mol. The van der Waals surface area contributed by atoms with E-state index in [4.69, 9.17) is 9.84 Å². The third-order valence-electron chi connectivity index (χ3n) is 2.93. The molecule has 8 nitrogen and oxygen atoms in total. The molecule has 2 N–H and O–H groups in total. The monoisotopic (exact) mass is 350 g/mol. The van der Waals surface area contributed by atoms with E-state index < -0.39 is 12.6 Å². The number of thioether (sulfide) groups is 1. The number of rotatable bonds is 8. The van der Waals surface area contributed by atoms with Crippen LogP contribution in [-0.4, -0.2) is 44.1 Å². The SMILES string of the molecule is CC(C)n1cnnc1SCC(=O)Nc1ccc(OCC(=O)O)cc1. The standard InChI is InChI=1S/C15H18N4O4S/c1-10(2)19-9-16-18-15(19)24-8-13(20)17-11-3-5-12(6-4-11)23-7-14(21)22/h3-6,9-10H,7-8H2,1-2H3,(H,17,20)(H,21,22). The van der Waals surface area contributed by atoms with Gasteiger partial charge in [0.1, 0.15) is 12.1 Å². The molecule has 1 heterocycles. The highest BCUT2D eigenvalue weighted by atomic mass is 32.2. The van der Waals surface area contributed by atoms with E-state index >= 15 is 0 Å². The maximum atomic E-state index is 12.0. The van der Waals surface area contributed by atoms with Crippen molar-refractivity contribution in [1.29, 1.82) is 0 Å². The molecule has 0 unspecified atom stereocenters. The number of aromatic nitrogens is 3. The van der Waals surface area contributed by atoms with Crippen molar-refractivity contribution in [3.63, 3.8) is 0 Å². The molecule has 0 spiro atoms. The molecule has 0 saturated heterocycles. The predicted molar refractivity (Wildman–Crippen MR) is 89.3 cm³/mol. The molecule has 24 heavy (non-hydrogen) atoms. The quantitative estimate of drug-likeness (QED) is 0.702. The summed E-state index contributed by atoms with van der Waals surface area (Å²) in [6.07, 6.45) is 1.64. The second kappa shape index (κ2) is 8.34. The number of nitrogens with one attached hydrogen (secondary N) is 1. The van der Waals surface area contributed by atoms with Gasteiger partial charge in [-0.15, -0.1) is 10.2 Å². The van der Waals surface area contributed by atoms with Gasteiger partial charge in [-0.05, 0) is 38.1 Å². The van der Waals surface area contributed by atoms with Crippen LogP contribution in [0.15, 0.2) is 35.7 Å². The van der Waals surface area contributed by atoms with Gasteiger partial charge in [0.15, 0.2) is 11.8 Å². The van der Waals surface area contributed by atoms with Crippen LogP contribution >= 0.6 is 11.8 Å². The normalized spacial score (nSPS) is 10.6. The molecule has 1 aromatic carbocycles. The number of carbonyl (C=O) groups excluding carboxylic acids is 1. The fourth-order valence-electron chi connectivity index (χ4n) is 1.80. The van der Waals surface area contributed by atoms with Crippen LogP contribution in [-0.2, 0) is 9.59 Å². The lowest BCUT2D eigenvalue weighted by atomic mass is 10.3. The lowest BCUT2D eigenvalue weighted by molar-refractivity contribution is -0.139. The summed E-state index contributed by atoms with van der Waals surface area (Å²) in [5.74, 6) is -0.575. The second-order valence-electron chi connectivity index (χ2n) is 5.16. The predicted octanol–water partition coefficient (Wildman–Crippen LogP) is 2.05. The highest BCUT2D eigenvalue weighted by Gasteiger charge is 2.11. The van der Waals surface area contributed by atoms with Crippen molar-refractivity contribution in [2.45, 2.75) is 25.0 Å². The van der Waals surface area contributed by atoms with E-state index in [1.165, 1.54) is 11.8 Å². The van der Waals surface area contributed by atoms with Crippen LogP contribution in [0.5, 0.6) is 5.75 Å². The molecule has 0 bridgehead atoms. The summed E-state index contributed by atoms with van der Waals surface area (Å²) in [5, 5.41) is 19.8. The number of carboxylic acids is 1. The van der Waals surface area contributed by atoms with Crippen molar-refractivity contribution in [1.82, 2.24) is 14.8 Å². The third kappa shape index (κ3) is 5.27. The fraction of sp³-hybridized carbons (Fsp3) is 0.333. The number of benzene rings is 1. The molecule has 9 heteroatoms. The van der Waals surface area contributed by atoms with Gasteiger partial charge in [0.05, 0.1) is 5.75 Å². The Hall–Kier alpha value is -2.55. The molecular formula is C15H18N4O4S. The maximum Gasteiger partial charge on any atom is 0.341 e. The number of ether oxygens (including phenoxy) is 1. The van der Waals surface area contributed by atoms with Crippen LogP contribution in [0.1, 0.15) is 19.9 Å². The van der Waals surface area contributed by atoms with Crippen molar-refractivity contribution in [3.05, 3.63) is 30.6 Å². The van der Waals surface area contributed by atoms with E-state index in [1.54, 1.807) is 30.6 Å². The van der Waals surface area contributed by atoms with E-state index in [1.807, 2.05) is 18.4 Å². The zero-order chi connectivity index (χ0) is 17.5. The summed E-state index contributed by atoms with van der Waals surface area (Å²) in [6.45, 7) is 3.63.